The van der Waals surface area contributed by atoms with Gasteiger partial charge in [0, 0.05) is 61.8 Å². The van der Waals surface area contributed by atoms with Crippen LogP contribution in [0.25, 0.3) is 102 Å². The molecule has 3 aromatic heterocycles. The number of H-pyrrole nitrogens is 2. The van der Waals surface area contributed by atoms with Gasteiger partial charge in [0.25, 0.3) is 5.91 Å². The first-order valence-electron chi connectivity index (χ1n) is 29.8. The summed E-state index contributed by atoms with van der Waals surface area (Å²) in [7, 11) is 0. The molecule has 89 heavy (non-hydrogen) atoms. The molecular weight excluding hydrogens is 1100 g/mol. The van der Waals surface area contributed by atoms with Crippen LogP contribution in [0.15, 0.2) is 174 Å². The Hall–Kier alpha value is -11.2. The number of allylic oxidation sites excluding steroid dienone is 2. The van der Waals surface area contributed by atoms with Crippen LogP contribution in [-0.2, 0) is 14.9 Å². The van der Waals surface area contributed by atoms with Crippen molar-refractivity contribution in [3.63, 3.8) is 0 Å². The lowest BCUT2D eigenvalue weighted by molar-refractivity contribution is -0.113. The number of hydrogen-bond acceptors (Lipinski definition) is 9. The Morgan fingerprint density at radius 3 is 1.45 bits per heavy atom. The molecule has 1 unspecified atom stereocenters. The molecule has 8 bridgehead atoms. The summed E-state index contributed by atoms with van der Waals surface area (Å²) in [6.45, 7) is 18.4. The number of benzene rings is 6. The number of nitrogens with zero attached hydrogens (tertiary/aromatic N) is 6. The number of aryl methyl sites for hydroxylation is 6. The zero-order chi connectivity index (χ0) is 61.8. The third-order valence-corrected chi connectivity index (χ3v) is 17.6. The van der Waals surface area contributed by atoms with Crippen molar-refractivity contribution >= 4 is 70.1 Å². The van der Waals surface area contributed by atoms with Gasteiger partial charge in [-0.15, -0.1) is 0 Å². The fourth-order valence-electron chi connectivity index (χ4n) is 14.3. The van der Waals surface area contributed by atoms with E-state index in [1.54, 1.807) is 11.1 Å². The van der Waals surface area contributed by atoms with Crippen LogP contribution in [0.4, 0.5) is 5.69 Å². The van der Waals surface area contributed by atoms with E-state index in [-0.39, 0.29) is 11.3 Å². The summed E-state index contributed by atoms with van der Waals surface area (Å²) in [6, 6.07) is 52.4. The van der Waals surface area contributed by atoms with E-state index in [9.17, 15) is 15.3 Å². The van der Waals surface area contributed by atoms with Gasteiger partial charge >= 0.3 is 5.97 Å². The van der Waals surface area contributed by atoms with E-state index in [0.29, 0.717) is 16.8 Å². The maximum atomic E-state index is 15.1. The number of ether oxygens (including phenoxy) is 1. The summed E-state index contributed by atoms with van der Waals surface area (Å²) in [4.78, 5) is 47.4. The second-order valence-electron chi connectivity index (χ2n) is 24.6. The van der Waals surface area contributed by atoms with Gasteiger partial charge in [0.1, 0.15) is 17.7 Å². The van der Waals surface area contributed by atoms with Crippen molar-refractivity contribution in [3.05, 3.63) is 241 Å². The monoisotopic (exact) mass is 1160 g/mol. The van der Waals surface area contributed by atoms with Crippen molar-refractivity contribution in [2.24, 2.45) is 5.10 Å². The first-order valence-corrected chi connectivity index (χ1v) is 29.8. The van der Waals surface area contributed by atoms with Crippen LogP contribution in [0.2, 0.25) is 0 Å². The molecular formula is C77H61N9O3. The molecule has 1 amide bonds. The van der Waals surface area contributed by atoms with Crippen molar-refractivity contribution in [2.75, 3.05) is 5.32 Å². The molecule has 5 aliphatic rings. The van der Waals surface area contributed by atoms with Crippen molar-refractivity contribution in [2.45, 2.75) is 79.4 Å². The number of hydrazone groups is 1. The van der Waals surface area contributed by atoms with Gasteiger partial charge in [-0.1, -0.05) is 108 Å². The highest BCUT2D eigenvalue weighted by Gasteiger charge is 2.62. The number of fused-ring (bicyclic) bond motifs is 15. The molecule has 432 valence electrons. The molecule has 0 saturated carbocycles. The lowest BCUT2D eigenvalue weighted by atomic mass is 9.66. The average molecular weight is 1160 g/mol. The van der Waals surface area contributed by atoms with Gasteiger partial charge in [0.2, 0.25) is 0 Å². The van der Waals surface area contributed by atoms with Crippen molar-refractivity contribution < 1.29 is 14.3 Å². The molecule has 4 aliphatic heterocycles. The Bertz CT molecular complexity index is 4880. The van der Waals surface area contributed by atoms with Crippen molar-refractivity contribution in [3.8, 4) is 67.8 Å². The minimum atomic E-state index is -1.19. The zero-order valence-corrected chi connectivity index (χ0v) is 50.8. The smallest absolute Gasteiger partial charge is 0.338 e. The number of carbonyl (C=O) groups is 2. The molecule has 0 radical (unpaired) electrons. The minimum Gasteiger partial charge on any atom is -0.456 e. The first-order chi connectivity index (χ1) is 42.9. The largest absolute Gasteiger partial charge is 0.456 e. The van der Waals surface area contributed by atoms with Gasteiger partial charge in [-0.25, -0.2) is 19.8 Å². The number of amides is 1. The van der Waals surface area contributed by atoms with Crippen molar-refractivity contribution in [1.29, 1.82) is 10.5 Å². The molecule has 7 heterocycles. The van der Waals surface area contributed by atoms with E-state index >= 15 is 4.79 Å². The summed E-state index contributed by atoms with van der Waals surface area (Å²) in [5.74, 6) is -0.785. The Balaban J connectivity index is 0.951. The average Bonchev–Trinajstić information content (AvgIpc) is 1.51. The summed E-state index contributed by atoms with van der Waals surface area (Å²) >= 11 is 0. The first kappa shape index (κ1) is 55.6. The lowest BCUT2D eigenvalue weighted by Gasteiger charge is -2.38. The zero-order valence-electron chi connectivity index (χ0n) is 50.8. The second kappa shape index (κ2) is 21.0. The molecule has 6 aromatic carbocycles. The molecule has 0 saturated heterocycles. The van der Waals surface area contributed by atoms with Crippen LogP contribution < -0.4 is 5.32 Å². The van der Waals surface area contributed by atoms with Gasteiger partial charge in [0.05, 0.1) is 45.4 Å². The molecule has 3 N–H and O–H groups in total. The minimum absolute atomic E-state index is 0.107. The van der Waals surface area contributed by atoms with Crippen molar-refractivity contribution in [1.82, 2.24) is 24.9 Å². The third-order valence-electron chi connectivity index (χ3n) is 17.6. The highest BCUT2D eigenvalue weighted by atomic mass is 16.6. The molecule has 14 rings (SSSR count). The van der Waals surface area contributed by atoms with E-state index < -0.39 is 28.9 Å². The lowest BCUT2D eigenvalue weighted by Crippen LogP contribution is -2.48. The highest BCUT2D eigenvalue weighted by Crippen LogP contribution is 2.61. The number of nitrogens with one attached hydrogen (secondary N) is 3. The van der Waals surface area contributed by atoms with E-state index in [1.807, 2.05) is 118 Å². The molecule has 9 aromatic rings. The second-order valence-corrected chi connectivity index (χ2v) is 24.6. The van der Waals surface area contributed by atoms with Gasteiger partial charge in [0.15, 0.2) is 5.70 Å². The number of esters is 1. The molecule has 0 fully saturated rings. The Morgan fingerprint density at radius 2 is 1.00 bits per heavy atom. The fourth-order valence-corrected chi connectivity index (χ4v) is 14.3. The molecule has 12 nitrogen and oxygen atoms in total. The predicted octanol–water partition coefficient (Wildman–Crippen LogP) is 16.9. The molecule has 12 heteroatoms. The number of aromatic nitrogens is 4. The van der Waals surface area contributed by atoms with Gasteiger partial charge in [-0.05, 0) is 208 Å². The van der Waals surface area contributed by atoms with Crippen LogP contribution in [0, 0.1) is 64.2 Å². The predicted molar refractivity (Wildman–Crippen MR) is 356 cm³/mol. The Morgan fingerprint density at radius 1 is 0.562 bits per heavy atom. The number of anilines is 1. The molecule has 1 aliphatic carbocycles. The molecule has 1 atom stereocenters. The summed E-state index contributed by atoms with van der Waals surface area (Å²) in [6.07, 6.45) is 11.6. The summed E-state index contributed by atoms with van der Waals surface area (Å²) < 4.78 is 5.78. The van der Waals surface area contributed by atoms with Crippen LogP contribution >= 0.6 is 0 Å². The summed E-state index contributed by atoms with van der Waals surface area (Å²) in [5.41, 5.74) is 23.9. The van der Waals surface area contributed by atoms with Crippen LogP contribution in [0.3, 0.4) is 0 Å². The number of rotatable bonds is 7. The van der Waals surface area contributed by atoms with E-state index in [2.05, 4.69) is 147 Å². The maximum absolute atomic E-state index is 15.1. The summed E-state index contributed by atoms with van der Waals surface area (Å²) in [5, 5.41) is 31.2. The highest BCUT2D eigenvalue weighted by molar-refractivity contribution is 6.09. The number of carbonyl (C=O) groups excluding carboxylic acids is 2. The van der Waals surface area contributed by atoms with Crippen LogP contribution in [-0.4, -0.2) is 54.7 Å². The van der Waals surface area contributed by atoms with Gasteiger partial charge < -0.3 is 20.0 Å². The SMILES string of the molecule is Cc1cc(C)c(-c2c3nc(c(-c4ccc(C(=O)OC(C)(C)C)cc4)c4ccc([nH]4)c(-c4c(C)cc(C)cc4C)c4nc(c(-c5ccc(NC(=O)C6=CC=NN7C(C#N)=C(C#N)C8(c9ccccc9-c9ccccc98)C67)cc5)c5ccc2[nH]5)C=C4)C=C3)c(C)c1. The Labute approximate surface area is 516 Å². The number of hydrogen-bond donors (Lipinski definition) is 3. The van der Waals surface area contributed by atoms with Crippen LogP contribution in [0.5, 0.6) is 0 Å². The van der Waals surface area contributed by atoms with Gasteiger partial charge in [-0.2, -0.15) is 15.6 Å². The third kappa shape index (κ3) is 9.06. The number of aromatic amines is 2. The number of nitriles is 2. The fraction of sp³-hybridized carbons (Fsp3) is 0.156. The van der Waals surface area contributed by atoms with E-state index in [1.165, 1.54) is 6.21 Å². The quantitative estimate of drug-likeness (QED) is 0.132. The Kier molecular flexibility index (Phi) is 13.2. The van der Waals surface area contributed by atoms with Crippen LogP contribution in [0.1, 0.15) is 98.4 Å². The topological polar surface area (TPSA) is 176 Å². The van der Waals surface area contributed by atoms with E-state index in [0.717, 1.165) is 145 Å². The molecule has 1 spiro atoms. The normalized spacial score (nSPS) is 14.9. The van der Waals surface area contributed by atoms with Gasteiger partial charge in [-0.3, -0.25) is 4.79 Å². The maximum Gasteiger partial charge on any atom is 0.338 e. The van der Waals surface area contributed by atoms with E-state index in [4.69, 9.17) is 14.7 Å². The standard InChI is InChI=1S/C77H61N9O3/c1-42-36-44(3)67(45(4)37-42)71-62-30-26-58(82-62)69(48-18-20-50(21-19-48)75(88)89-76(7,8)9)59-27-31-63(83-59)72(68-46(5)38-43(2)39-47(68)6)65-33-29-61(85-65)70(60-28-32-64(71)84-60)49-22-24-51(25-23-49)81-74(87)54-34-35-80-86-66(41-79)57(40-78)77(73(54)86)55-16-12-10-14-52(55)53-15-11-13-17-56(53)77/h10-39,73,82,85H,1-9H3,(H,81,87).